The van der Waals surface area contributed by atoms with E-state index in [1.807, 2.05) is 0 Å². The van der Waals surface area contributed by atoms with Gasteiger partial charge in [-0.1, -0.05) is 27.7 Å². The molecule has 0 aromatic carbocycles. The van der Waals surface area contributed by atoms with Gasteiger partial charge < -0.3 is 4.90 Å². The topological polar surface area (TPSA) is 63.4 Å². The number of rotatable bonds is 10. The molecule has 0 aromatic heterocycles. The first-order valence-electron chi connectivity index (χ1n) is 6.93. The van der Waals surface area contributed by atoms with Crippen molar-refractivity contribution in [1.29, 1.82) is 0 Å². The van der Waals surface area contributed by atoms with Gasteiger partial charge in [0.25, 0.3) is 0 Å². The Labute approximate surface area is 113 Å². The van der Waals surface area contributed by atoms with Gasteiger partial charge in [-0.3, -0.25) is 0 Å². The number of sulfonamides is 1. The second kappa shape index (κ2) is 8.88. The minimum absolute atomic E-state index is 0.0901. The normalized spacial score (nSPS) is 12.9. The predicted molar refractivity (Wildman–Crippen MR) is 77.9 cm³/mol. The van der Waals surface area contributed by atoms with E-state index in [-0.39, 0.29) is 5.75 Å². The lowest BCUT2D eigenvalue weighted by atomic mass is 10.1. The molecule has 0 amide bonds. The van der Waals surface area contributed by atoms with E-state index in [1.54, 1.807) is 0 Å². The maximum atomic E-state index is 10.9. The highest BCUT2D eigenvalue weighted by atomic mass is 32.2. The second-order valence-corrected chi connectivity index (χ2v) is 7.66. The first-order chi connectivity index (χ1) is 8.20. The van der Waals surface area contributed by atoms with Gasteiger partial charge in [0.15, 0.2) is 0 Å². The van der Waals surface area contributed by atoms with Crippen LogP contribution in [-0.4, -0.2) is 38.7 Å². The van der Waals surface area contributed by atoms with Gasteiger partial charge in [-0.25, -0.2) is 13.6 Å². The van der Waals surface area contributed by atoms with Gasteiger partial charge in [0, 0.05) is 0 Å². The Balaban J connectivity index is 4.03. The van der Waals surface area contributed by atoms with Crippen molar-refractivity contribution in [2.45, 2.75) is 47.0 Å². The Morgan fingerprint density at radius 3 is 1.72 bits per heavy atom. The van der Waals surface area contributed by atoms with Crippen LogP contribution in [0.15, 0.2) is 0 Å². The van der Waals surface area contributed by atoms with E-state index in [1.165, 1.54) is 0 Å². The maximum Gasteiger partial charge on any atom is 0.209 e. The zero-order valence-electron chi connectivity index (χ0n) is 12.4. The summed E-state index contributed by atoms with van der Waals surface area (Å²) >= 11 is 0. The van der Waals surface area contributed by atoms with E-state index >= 15 is 0 Å². The van der Waals surface area contributed by atoms with E-state index in [9.17, 15) is 8.42 Å². The Morgan fingerprint density at radius 1 is 0.944 bits per heavy atom. The lowest BCUT2D eigenvalue weighted by Gasteiger charge is -2.24. The summed E-state index contributed by atoms with van der Waals surface area (Å²) in [6.07, 6.45) is 2.95. The predicted octanol–water partition coefficient (Wildman–Crippen LogP) is 2.06. The van der Waals surface area contributed by atoms with Crippen LogP contribution in [0.1, 0.15) is 47.0 Å². The zero-order valence-corrected chi connectivity index (χ0v) is 13.2. The average Bonchev–Trinajstić information content (AvgIpc) is 2.19. The van der Waals surface area contributed by atoms with Crippen LogP contribution in [0.3, 0.4) is 0 Å². The fraction of sp³-hybridized carbons (Fsp3) is 1.00. The Hall–Kier alpha value is -0.130. The van der Waals surface area contributed by atoms with Crippen LogP contribution in [0.2, 0.25) is 0 Å². The molecule has 0 saturated carbocycles. The molecular weight excluding hydrogens is 248 g/mol. The van der Waals surface area contributed by atoms with Gasteiger partial charge in [-0.2, -0.15) is 0 Å². The minimum Gasteiger partial charge on any atom is -0.303 e. The molecule has 110 valence electrons. The molecule has 0 fully saturated rings. The van der Waals surface area contributed by atoms with Crippen molar-refractivity contribution in [3.8, 4) is 0 Å². The molecule has 0 saturated heterocycles. The monoisotopic (exact) mass is 278 g/mol. The van der Waals surface area contributed by atoms with Crippen molar-refractivity contribution in [2.24, 2.45) is 17.0 Å². The van der Waals surface area contributed by atoms with Crippen LogP contribution in [0.4, 0.5) is 0 Å². The standard InChI is InChI=1S/C13H30N2O2S/c1-12(2)6-9-15(10-7-13(3)4)8-5-11-18(14,16)17/h12-13H,5-11H2,1-4H3,(H2,14,16,17). The molecular formula is C13H30N2O2S. The first kappa shape index (κ1) is 17.9. The summed E-state index contributed by atoms with van der Waals surface area (Å²) in [4.78, 5) is 2.37. The van der Waals surface area contributed by atoms with E-state index in [4.69, 9.17) is 5.14 Å². The molecule has 5 heteroatoms. The molecule has 0 aliphatic rings. The quantitative estimate of drug-likeness (QED) is 0.665. The Kier molecular flexibility index (Phi) is 8.82. The van der Waals surface area contributed by atoms with Gasteiger partial charge in [0.1, 0.15) is 0 Å². The molecule has 0 bridgehead atoms. The van der Waals surface area contributed by atoms with Gasteiger partial charge in [-0.15, -0.1) is 0 Å². The summed E-state index contributed by atoms with van der Waals surface area (Å²) in [5.74, 6) is 1.46. The third-order valence-corrected chi connectivity index (χ3v) is 3.81. The van der Waals surface area contributed by atoms with E-state index < -0.39 is 10.0 Å². The van der Waals surface area contributed by atoms with Crippen LogP contribution in [0.5, 0.6) is 0 Å². The number of primary sulfonamides is 1. The van der Waals surface area contributed by atoms with Crippen molar-refractivity contribution >= 4 is 10.0 Å². The molecule has 0 rings (SSSR count). The molecule has 0 unspecified atom stereocenters. The fourth-order valence-electron chi connectivity index (χ4n) is 1.71. The van der Waals surface area contributed by atoms with Crippen molar-refractivity contribution in [1.82, 2.24) is 4.90 Å². The first-order valence-corrected chi connectivity index (χ1v) is 8.65. The molecule has 0 atom stereocenters. The van der Waals surface area contributed by atoms with Crippen molar-refractivity contribution < 1.29 is 8.42 Å². The molecule has 4 nitrogen and oxygen atoms in total. The summed E-state index contributed by atoms with van der Waals surface area (Å²) in [6.45, 7) is 11.8. The lowest BCUT2D eigenvalue weighted by molar-refractivity contribution is 0.244. The van der Waals surface area contributed by atoms with Crippen LogP contribution in [0.25, 0.3) is 0 Å². The SMILES string of the molecule is CC(C)CCN(CCCS(N)(=O)=O)CCC(C)C. The molecule has 0 radical (unpaired) electrons. The third-order valence-electron chi connectivity index (χ3n) is 2.95. The number of nitrogens with two attached hydrogens (primary N) is 1. The third kappa shape index (κ3) is 12.3. The molecule has 0 spiro atoms. The summed E-state index contributed by atoms with van der Waals surface area (Å²) in [7, 11) is -3.31. The smallest absolute Gasteiger partial charge is 0.209 e. The molecule has 18 heavy (non-hydrogen) atoms. The highest BCUT2D eigenvalue weighted by Gasteiger charge is 2.09. The van der Waals surface area contributed by atoms with Crippen molar-refractivity contribution in [3.63, 3.8) is 0 Å². The summed E-state index contributed by atoms with van der Waals surface area (Å²) in [6, 6.07) is 0. The van der Waals surface area contributed by atoms with Gasteiger partial charge >= 0.3 is 0 Å². The maximum absolute atomic E-state index is 10.9. The van der Waals surface area contributed by atoms with Crippen LogP contribution >= 0.6 is 0 Å². The lowest BCUT2D eigenvalue weighted by Crippen LogP contribution is -2.30. The minimum atomic E-state index is -3.31. The van der Waals surface area contributed by atoms with E-state index in [0.717, 1.165) is 32.5 Å². The Morgan fingerprint density at radius 2 is 1.39 bits per heavy atom. The number of hydrogen-bond acceptors (Lipinski definition) is 3. The largest absolute Gasteiger partial charge is 0.303 e. The van der Waals surface area contributed by atoms with E-state index in [2.05, 4.69) is 32.6 Å². The molecule has 0 aliphatic heterocycles. The van der Waals surface area contributed by atoms with Gasteiger partial charge in [-0.05, 0) is 50.7 Å². The molecule has 0 heterocycles. The van der Waals surface area contributed by atoms with Crippen LogP contribution < -0.4 is 5.14 Å². The van der Waals surface area contributed by atoms with Gasteiger partial charge in [0.2, 0.25) is 10.0 Å². The molecule has 2 N–H and O–H groups in total. The highest BCUT2D eigenvalue weighted by Crippen LogP contribution is 2.07. The molecule has 0 aliphatic carbocycles. The zero-order chi connectivity index (χ0) is 14.2. The summed E-state index contributed by atoms with van der Waals surface area (Å²) < 4.78 is 21.8. The summed E-state index contributed by atoms with van der Waals surface area (Å²) in [5, 5.41) is 5.02. The number of nitrogens with zero attached hydrogens (tertiary/aromatic N) is 1. The number of hydrogen-bond donors (Lipinski definition) is 1. The summed E-state index contributed by atoms with van der Waals surface area (Å²) in [5.41, 5.74) is 0. The van der Waals surface area contributed by atoms with E-state index in [0.29, 0.717) is 18.3 Å². The van der Waals surface area contributed by atoms with Crippen molar-refractivity contribution in [2.75, 3.05) is 25.4 Å². The molecule has 0 aromatic rings. The van der Waals surface area contributed by atoms with Crippen LogP contribution in [0, 0.1) is 11.8 Å². The fourth-order valence-corrected chi connectivity index (χ4v) is 2.24. The van der Waals surface area contributed by atoms with Gasteiger partial charge in [0.05, 0.1) is 5.75 Å². The Bertz CT molecular complexity index is 288. The highest BCUT2D eigenvalue weighted by molar-refractivity contribution is 7.89. The average molecular weight is 278 g/mol. The second-order valence-electron chi connectivity index (χ2n) is 5.93. The van der Waals surface area contributed by atoms with Crippen molar-refractivity contribution in [3.05, 3.63) is 0 Å². The van der Waals surface area contributed by atoms with Crippen LogP contribution in [-0.2, 0) is 10.0 Å².